The number of benzene rings is 4. The molecular weight excluding hydrogens is 636 g/mol. The lowest BCUT2D eigenvalue weighted by molar-refractivity contribution is -0.216. The van der Waals surface area contributed by atoms with Crippen LogP contribution in [-0.4, -0.2) is 62.5 Å². The summed E-state index contributed by atoms with van der Waals surface area (Å²) in [6, 6.07) is 32.7. The molecule has 0 aliphatic heterocycles. The Morgan fingerprint density at radius 1 is 0.600 bits per heavy atom. The van der Waals surface area contributed by atoms with Gasteiger partial charge in [-0.2, -0.15) is 0 Å². The third-order valence-corrected chi connectivity index (χ3v) is 8.95. The van der Waals surface area contributed by atoms with Crippen molar-refractivity contribution < 1.29 is 38.9 Å². The van der Waals surface area contributed by atoms with Crippen LogP contribution in [0.5, 0.6) is 23.0 Å². The zero-order valence-corrected chi connectivity index (χ0v) is 28.2. The number of nitrogens with zero attached hydrogens (tertiary/aromatic N) is 2. The fraction of sp³-hybridized carbons (Fsp3) is 0.300. The van der Waals surface area contributed by atoms with Crippen LogP contribution in [0.1, 0.15) is 44.2 Å². The Morgan fingerprint density at radius 2 is 0.980 bits per heavy atom. The van der Waals surface area contributed by atoms with Gasteiger partial charge in [-0.05, 0) is 72.5 Å². The largest absolute Gasteiger partial charge is 0.481 e. The highest BCUT2D eigenvalue weighted by molar-refractivity contribution is 5.89. The number of hydrogen-bond donors (Lipinski definition) is 2. The number of hydrogen-bond acceptors (Lipinski definition) is 6. The maximum absolute atomic E-state index is 14.2. The second-order valence-electron chi connectivity index (χ2n) is 12.4. The van der Waals surface area contributed by atoms with E-state index >= 15 is 0 Å². The SMILES string of the molecule is CCCN(C(=O)Cc1ccc(Oc2ccccc2)cc1)C1(N(CCC)C(=O)Cc2ccc(Oc3ccccc3)cc2)C[C@@H](C(=O)O)[C@@H]1C(=O)O. The Balaban J connectivity index is 1.42. The summed E-state index contributed by atoms with van der Waals surface area (Å²) in [5, 5.41) is 20.5. The maximum atomic E-state index is 14.2. The van der Waals surface area contributed by atoms with E-state index in [1.54, 1.807) is 48.5 Å². The molecule has 260 valence electrons. The van der Waals surface area contributed by atoms with Crippen LogP contribution >= 0.6 is 0 Å². The highest BCUT2D eigenvalue weighted by Gasteiger charge is 2.68. The highest BCUT2D eigenvalue weighted by Crippen LogP contribution is 2.51. The second-order valence-corrected chi connectivity index (χ2v) is 12.4. The van der Waals surface area contributed by atoms with Crippen LogP contribution in [0.25, 0.3) is 0 Å². The molecule has 2 amide bonds. The number of carbonyl (C=O) groups is 4. The van der Waals surface area contributed by atoms with E-state index in [-0.39, 0.29) is 32.4 Å². The molecule has 0 aromatic heterocycles. The number of ether oxygens (including phenoxy) is 2. The minimum absolute atomic E-state index is 0.0749. The van der Waals surface area contributed by atoms with Crippen LogP contribution in [0.4, 0.5) is 0 Å². The predicted molar refractivity (Wildman–Crippen MR) is 187 cm³/mol. The van der Waals surface area contributed by atoms with E-state index in [0.29, 0.717) is 47.0 Å². The van der Waals surface area contributed by atoms with Crippen molar-refractivity contribution in [1.29, 1.82) is 0 Å². The third kappa shape index (κ3) is 7.97. The van der Waals surface area contributed by atoms with E-state index < -0.39 is 41.3 Å². The quantitative estimate of drug-likeness (QED) is 0.121. The summed E-state index contributed by atoms with van der Waals surface area (Å²) in [5.41, 5.74) is -0.334. The van der Waals surface area contributed by atoms with Gasteiger partial charge in [-0.3, -0.25) is 19.2 Å². The molecule has 4 aromatic carbocycles. The van der Waals surface area contributed by atoms with Crippen molar-refractivity contribution in [3.63, 3.8) is 0 Å². The molecule has 1 saturated carbocycles. The van der Waals surface area contributed by atoms with Gasteiger partial charge in [0, 0.05) is 19.5 Å². The maximum Gasteiger partial charge on any atom is 0.311 e. The van der Waals surface area contributed by atoms with Gasteiger partial charge in [-0.1, -0.05) is 74.5 Å². The number of aliphatic carboxylic acids is 2. The van der Waals surface area contributed by atoms with Crippen LogP contribution in [0.15, 0.2) is 109 Å². The van der Waals surface area contributed by atoms with Crippen molar-refractivity contribution >= 4 is 23.8 Å². The Hall–Kier alpha value is -5.64. The first kappa shape index (κ1) is 35.7. The van der Waals surface area contributed by atoms with E-state index in [9.17, 15) is 29.4 Å². The number of amides is 2. The second kappa shape index (κ2) is 16.2. The molecule has 1 fully saturated rings. The van der Waals surface area contributed by atoms with Gasteiger partial charge in [0.05, 0.1) is 18.8 Å². The molecular formula is C40H42N2O8. The van der Waals surface area contributed by atoms with E-state index in [4.69, 9.17) is 9.47 Å². The first-order valence-electron chi connectivity index (χ1n) is 16.9. The zero-order chi connectivity index (χ0) is 35.7. The third-order valence-electron chi connectivity index (χ3n) is 8.95. The minimum Gasteiger partial charge on any atom is -0.481 e. The lowest BCUT2D eigenvalue weighted by Gasteiger charge is -2.61. The van der Waals surface area contributed by atoms with E-state index in [1.807, 2.05) is 74.5 Å². The minimum atomic E-state index is -1.66. The summed E-state index contributed by atoms with van der Waals surface area (Å²) in [5.74, 6) is -3.70. The molecule has 2 atom stereocenters. The molecule has 1 aliphatic rings. The molecule has 0 heterocycles. The predicted octanol–water partition coefficient (Wildman–Crippen LogP) is 7.04. The standard InChI is InChI=1S/C40H42N2O8/c1-3-23-41(35(43)25-28-15-19-32(20-16-28)49-30-11-7-5-8-12-30)40(27-34(38(45)46)37(40)39(47)48)42(24-4-2)36(44)26-29-17-21-33(22-18-29)50-31-13-9-6-10-14-31/h5-22,34,37H,3-4,23-27H2,1-2H3,(H,45,46)(H,47,48)/t34-,37-/m1/s1. The summed E-state index contributed by atoms with van der Waals surface area (Å²) in [6.45, 7) is 4.00. The molecule has 0 bridgehead atoms. The smallest absolute Gasteiger partial charge is 0.311 e. The molecule has 0 saturated heterocycles. The van der Waals surface area contributed by atoms with Gasteiger partial charge in [0.25, 0.3) is 0 Å². The zero-order valence-electron chi connectivity index (χ0n) is 28.2. The van der Waals surface area contributed by atoms with E-state index in [0.717, 1.165) is 0 Å². The summed E-state index contributed by atoms with van der Waals surface area (Å²) in [7, 11) is 0. The molecule has 5 rings (SSSR count). The first-order valence-corrected chi connectivity index (χ1v) is 16.9. The number of rotatable bonds is 16. The van der Waals surface area contributed by atoms with Gasteiger partial charge in [-0.15, -0.1) is 0 Å². The fourth-order valence-electron chi connectivity index (χ4n) is 6.69. The Bertz CT molecular complexity index is 1650. The van der Waals surface area contributed by atoms with E-state index in [2.05, 4.69) is 0 Å². The highest BCUT2D eigenvalue weighted by atomic mass is 16.5. The van der Waals surface area contributed by atoms with Crippen molar-refractivity contribution in [3.8, 4) is 23.0 Å². The number of carbonyl (C=O) groups excluding carboxylic acids is 2. The molecule has 10 nitrogen and oxygen atoms in total. The molecule has 0 unspecified atom stereocenters. The van der Waals surface area contributed by atoms with Gasteiger partial charge in [0.15, 0.2) is 0 Å². The number of carboxylic acid groups (broad SMARTS) is 2. The summed E-state index contributed by atoms with van der Waals surface area (Å²) in [4.78, 5) is 56.6. The van der Waals surface area contributed by atoms with Crippen LogP contribution < -0.4 is 9.47 Å². The molecule has 1 aliphatic carbocycles. The van der Waals surface area contributed by atoms with Crippen LogP contribution in [0.3, 0.4) is 0 Å². The Morgan fingerprint density at radius 3 is 1.32 bits per heavy atom. The number of para-hydroxylation sites is 2. The van der Waals surface area contributed by atoms with Gasteiger partial charge in [0.2, 0.25) is 11.8 Å². The molecule has 4 aromatic rings. The summed E-state index contributed by atoms with van der Waals surface area (Å²) in [6.07, 6.45) is 0.602. The van der Waals surface area contributed by atoms with Gasteiger partial charge in [-0.25, -0.2) is 0 Å². The molecule has 10 heteroatoms. The normalized spacial score (nSPS) is 16.0. The molecule has 50 heavy (non-hydrogen) atoms. The van der Waals surface area contributed by atoms with Crippen molar-refractivity contribution in [2.75, 3.05) is 13.1 Å². The van der Waals surface area contributed by atoms with Crippen LogP contribution in [-0.2, 0) is 32.0 Å². The monoisotopic (exact) mass is 678 g/mol. The molecule has 2 N–H and O–H groups in total. The Kier molecular flexibility index (Phi) is 11.5. The fourth-order valence-corrected chi connectivity index (χ4v) is 6.69. The lowest BCUT2D eigenvalue weighted by atomic mass is 9.61. The first-order chi connectivity index (χ1) is 24.2. The van der Waals surface area contributed by atoms with Gasteiger partial charge in [0.1, 0.15) is 34.6 Å². The van der Waals surface area contributed by atoms with E-state index in [1.165, 1.54) is 9.80 Å². The average molecular weight is 679 g/mol. The van der Waals surface area contributed by atoms with Gasteiger partial charge >= 0.3 is 11.9 Å². The number of carboxylic acids is 2. The topological polar surface area (TPSA) is 134 Å². The molecule has 0 spiro atoms. The lowest BCUT2D eigenvalue weighted by Crippen LogP contribution is -2.78. The summed E-state index contributed by atoms with van der Waals surface area (Å²) < 4.78 is 11.8. The van der Waals surface area contributed by atoms with Gasteiger partial charge < -0.3 is 29.5 Å². The summed E-state index contributed by atoms with van der Waals surface area (Å²) >= 11 is 0. The van der Waals surface area contributed by atoms with Crippen molar-refractivity contribution in [1.82, 2.24) is 9.80 Å². The van der Waals surface area contributed by atoms with Crippen molar-refractivity contribution in [3.05, 3.63) is 120 Å². The average Bonchev–Trinajstić information content (AvgIpc) is 3.09. The molecule has 0 radical (unpaired) electrons. The van der Waals surface area contributed by atoms with Crippen molar-refractivity contribution in [2.24, 2.45) is 11.8 Å². The van der Waals surface area contributed by atoms with Crippen LogP contribution in [0, 0.1) is 11.8 Å². The van der Waals surface area contributed by atoms with Crippen molar-refractivity contribution in [2.45, 2.75) is 51.6 Å². The van der Waals surface area contributed by atoms with Crippen LogP contribution in [0.2, 0.25) is 0 Å². The Labute approximate surface area is 291 Å².